The Hall–Kier alpha value is -2.87. The molecule has 1 heterocycles. The highest BCUT2D eigenvalue weighted by molar-refractivity contribution is 9.10. The third kappa shape index (κ3) is 6.38. The summed E-state index contributed by atoms with van der Waals surface area (Å²) in [5.74, 6) is -0.665. The third-order valence-electron chi connectivity index (χ3n) is 5.73. The van der Waals surface area contributed by atoms with E-state index in [9.17, 15) is 9.59 Å². The molecular weight excluding hydrogens is 518 g/mol. The fourth-order valence-corrected chi connectivity index (χ4v) is 4.21. The predicted octanol–water partition coefficient (Wildman–Crippen LogP) is 5.23. The summed E-state index contributed by atoms with van der Waals surface area (Å²) in [7, 11) is 1.35. The van der Waals surface area contributed by atoms with Gasteiger partial charge in [0.2, 0.25) is 0 Å². The number of anilines is 2. The van der Waals surface area contributed by atoms with Gasteiger partial charge in [0.05, 0.1) is 24.0 Å². The van der Waals surface area contributed by atoms with Crippen LogP contribution in [0.15, 0.2) is 77.3 Å². The number of carbonyl (C=O) groups excluding carboxylic acids is 2. The SMILES string of the molecule is COC(=O)c1ccc(N2CCN(Cc3ccccc3)CC2)c(NC(=O)c2ccc(Br)cc2)c1.Cl. The Morgan fingerprint density at radius 3 is 2.21 bits per heavy atom. The second-order valence-electron chi connectivity index (χ2n) is 7.93. The van der Waals surface area contributed by atoms with Crippen LogP contribution < -0.4 is 10.2 Å². The van der Waals surface area contributed by atoms with E-state index in [1.165, 1.54) is 12.7 Å². The molecule has 0 aromatic heterocycles. The standard InChI is InChI=1S/C26H26BrN3O3.ClH/c1-33-26(32)21-9-12-24(23(17-21)28-25(31)20-7-10-22(27)11-8-20)30-15-13-29(14-16-30)18-19-5-3-2-4-6-19;/h2-12,17H,13-16,18H2,1H3,(H,28,31);1H. The van der Waals surface area contributed by atoms with Crippen molar-refractivity contribution in [1.82, 2.24) is 4.90 Å². The third-order valence-corrected chi connectivity index (χ3v) is 6.26. The van der Waals surface area contributed by atoms with Crippen LogP contribution in [-0.2, 0) is 11.3 Å². The topological polar surface area (TPSA) is 61.9 Å². The van der Waals surface area contributed by atoms with E-state index in [1.54, 1.807) is 24.3 Å². The van der Waals surface area contributed by atoms with Crippen LogP contribution in [0.25, 0.3) is 0 Å². The highest BCUT2D eigenvalue weighted by atomic mass is 79.9. The minimum Gasteiger partial charge on any atom is -0.465 e. The lowest BCUT2D eigenvalue weighted by Gasteiger charge is -2.37. The Kier molecular flexibility index (Phi) is 9.10. The largest absolute Gasteiger partial charge is 0.465 e. The molecule has 0 bridgehead atoms. The predicted molar refractivity (Wildman–Crippen MR) is 141 cm³/mol. The molecule has 1 N–H and O–H groups in total. The average Bonchev–Trinajstić information content (AvgIpc) is 2.85. The highest BCUT2D eigenvalue weighted by Gasteiger charge is 2.22. The van der Waals surface area contributed by atoms with Gasteiger partial charge < -0.3 is 15.0 Å². The van der Waals surface area contributed by atoms with E-state index >= 15 is 0 Å². The first-order valence-corrected chi connectivity index (χ1v) is 11.6. The van der Waals surface area contributed by atoms with Crippen molar-refractivity contribution >= 4 is 51.6 Å². The lowest BCUT2D eigenvalue weighted by Crippen LogP contribution is -2.46. The van der Waals surface area contributed by atoms with Gasteiger partial charge in [0.1, 0.15) is 0 Å². The van der Waals surface area contributed by atoms with E-state index in [-0.39, 0.29) is 18.3 Å². The minimum absolute atomic E-state index is 0. The van der Waals surface area contributed by atoms with Gasteiger partial charge in [0, 0.05) is 42.8 Å². The molecule has 1 aliphatic heterocycles. The molecule has 3 aromatic carbocycles. The molecule has 178 valence electrons. The van der Waals surface area contributed by atoms with Gasteiger partial charge in [-0.25, -0.2) is 4.79 Å². The molecule has 3 aromatic rings. The summed E-state index contributed by atoms with van der Waals surface area (Å²) in [6.07, 6.45) is 0. The minimum atomic E-state index is -0.437. The summed E-state index contributed by atoms with van der Waals surface area (Å²) in [4.78, 5) is 29.7. The number of rotatable bonds is 6. The fraction of sp³-hybridized carbons (Fsp3) is 0.231. The van der Waals surface area contributed by atoms with Gasteiger partial charge in [-0.15, -0.1) is 12.4 Å². The maximum Gasteiger partial charge on any atom is 0.337 e. The van der Waals surface area contributed by atoms with Crippen LogP contribution in [0, 0.1) is 0 Å². The number of nitrogens with one attached hydrogen (secondary N) is 1. The van der Waals surface area contributed by atoms with Crippen molar-refractivity contribution in [2.24, 2.45) is 0 Å². The maximum absolute atomic E-state index is 12.9. The van der Waals surface area contributed by atoms with Gasteiger partial charge >= 0.3 is 5.97 Å². The average molecular weight is 545 g/mol. The van der Waals surface area contributed by atoms with Crippen LogP contribution in [0.4, 0.5) is 11.4 Å². The van der Waals surface area contributed by atoms with Crippen LogP contribution >= 0.6 is 28.3 Å². The molecule has 0 atom stereocenters. The molecule has 0 radical (unpaired) electrons. The van der Waals surface area contributed by atoms with Crippen molar-refractivity contribution < 1.29 is 14.3 Å². The quantitative estimate of drug-likeness (QED) is 0.431. The van der Waals surface area contributed by atoms with Crippen molar-refractivity contribution in [1.29, 1.82) is 0 Å². The molecule has 1 amide bonds. The zero-order chi connectivity index (χ0) is 23.2. The number of hydrogen-bond acceptors (Lipinski definition) is 5. The molecule has 0 spiro atoms. The lowest BCUT2D eigenvalue weighted by molar-refractivity contribution is 0.0600. The first kappa shape index (κ1) is 25.7. The van der Waals surface area contributed by atoms with Gasteiger partial charge in [0.25, 0.3) is 5.91 Å². The van der Waals surface area contributed by atoms with Gasteiger partial charge in [0.15, 0.2) is 0 Å². The number of amides is 1. The monoisotopic (exact) mass is 543 g/mol. The Balaban J connectivity index is 0.00000324. The van der Waals surface area contributed by atoms with Crippen LogP contribution in [0.3, 0.4) is 0 Å². The number of piperazine rings is 1. The zero-order valence-corrected chi connectivity index (χ0v) is 21.3. The number of ether oxygens (including phenoxy) is 1. The van der Waals surface area contributed by atoms with E-state index in [0.717, 1.165) is 42.9 Å². The molecule has 1 aliphatic rings. The zero-order valence-electron chi connectivity index (χ0n) is 18.9. The van der Waals surface area contributed by atoms with E-state index in [0.29, 0.717) is 16.8 Å². The summed E-state index contributed by atoms with van der Waals surface area (Å²) in [5.41, 5.74) is 3.74. The molecule has 0 aliphatic carbocycles. The number of methoxy groups -OCH3 is 1. The smallest absolute Gasteiger partial charge is 0.337 e. The van der Waals surface area contributed by atoms with Gasteiger partial charge in [-0.1, -0.05) is 46.3 Å². The molecule has 1 fully saturated rings. The summed E-state index contributed by atoms with van der Waals surface area (Å²) < 4.78 is 5.78. The number of esters is 1. The number of carbonyl (C=O) groups is 2. The van der Waals surface area contributed by atoms with E-state index in [1.807, 2.05) is 24.3 Å². The van der Waals surface area contributed by atoms with Crippen LogP contribution in [0.5, 0.6) is 0 Å². The molecule has 8 heteroatoms. The number of nitrogens with zero attached hydrogens (tertiary/aromatic N) is 2. The van der Waals surface area contributed by atoms with Gasteiger partial charge in [-0.2, -0.15) is 0 Å². The van der Waals surface area contributed by atoms with E-state index in [4.69, 9.17) is 4.74 Å². The number of halogens is 2. The Morgan fingerprint density at radius 2 is 1.56 bits per heavy atom. The first-order valence-electron chi connectivity index (χ1n) is 10.8. The second-order valence-corrected chi connectivity index (χ2v) is 8.85. The fourth-order valence-electron chi connectivity index (χ4n) is 3.94. The van der Waals surface area contributed by atoms with Crippen molar-refractivity contribution in [3.63, 3.8) is 0 Å². The van der Waals surface area contributed by atoms with Crippen LogP contribution in [0.1, 0.15) is 26.3 Å². The molecular formula is C26H27BrClN3O3. The molecule has 6 nitrogen and oxygen atoms in total. The highest BCUT2D eigenvalue weighted by Crippen LogP contribution is 2.29. The van der Waals surface area contributed by atoms with E-state index < -0.39 is 5.97 Å². The van der Waals surface area contributed by atoms with Crippen LogP contribution in [-0.4, -0.2) is 50.1 Å². The van der Waals surface area contributed by atoms with E-state index in [2.05, 4.69) is 55.3 Å². The second kappa shape index (κ2) is 12.0. The summed E-state index contributed by atoms with van der Waals surface area (Å²) >= 11 is 3.39. The van der Waals surface area contributed by atoms with Crippen molar-refractivity contribution in [2.75, 3.05) is 43.5 Å². The van der Waals surface area contributed by atoms with Gasteiger partial charge in [-0.05, 0) is 48.0 Å². The maximum atomic E-state index is 12.9. The summed E-state index contributed by atoms with van der Waals surface area (Å²) in [5, 5.41) is 3.00. The molecule has 0 saturated carbocycles. The molecule has 34 heavy (non-hydrogen) atoms. The molecule has 4 rings (SSSR count). The summed E-state index contributed by atoms with van der Waals surface area (Å²) in [6, 6.07) is 22.9. The molecule has 0 unspecified atom stereocenters. The summed E-state index contributed by atoms with van der Waals surface area (Å²) in [6.45, 7) is 4.39. The van der Waals surface area contributed by atoms with Crippen molar-refractivity contribution in [3.05, 3.63) is 94.0 Å². The molecule has 1 saturated heterocycles. The van der Waals surface area contributed by atoms with Crippen molar-refractivity contribution in [2.45, 2.75) is 6.54 Å². The Morgan fingerprint density at radius 1 is 0.912 bits per heavy atom. The number of benzene rings is 3. The van der Waals surface area contributed by atoms with Crippen LogP contribution in [0.2, 0.25) is 0 Å². The van der Waals surface area contributed by atoms with Gasteiger partial charge in [-0.3, -0.25) is 9.69 Å². The normalized spacial score (nSPS) is 13.6. The Bertz CT molecular complexity index is 1120. The lowest BCUT2D eigenvalue weighted by atomic mass is 10.1. The Labute approximate surface area is 214 Å². The van der Waals surface area contributed by atoms with Crippen molar-refractivity contribution in [3.8, 4) is 0 Å². The first-order chi connectivity index (χ1) is 16.0. The number of hydrogen-bond donors (Lipinski definition) is 1.